The summed E-state index contributed by atoms with van der Waals surface area (Å²) in [6.45, 7) is 6.20. The van der Waals surface area contributed by atoms with Crippen molar-refractivity contribution in [2.24, 2.45) is 0 Å². The van der Waals surface area contributed by atoms with E-state index in [-0.39, 0.29) is 22.2 Å². The summed E-state index contributed by atoms with van der Waals surface area (Å²) < 4.78 is 27.4. The molecular weight excluding hydrogens is 388 g/mol. The summed E-state index contributed by atoms with van der Waals surface area (Å²) in [5.41, 5.74) is 7.28. The molecule has 0 aliphatic heterocycles. The fourth-order valence-corrected chi connectivity index (χ4v) is 4.52. The topological polar surface area (TPSA) is 115 Å². The maximum Gasteiger partial charge on any atom is 0.281 e. The van der Waals surface area contributed by atoms with Crippen LogP contribution in [0.15, 0.2) is 35.4 Å². The van der Waals surface area contributed by atoms with Crippen LogP contribution in [0.2, 0.25) is 0 Å². The van der Waals surface area contributed by atoms with E-state index in [1.165, 1.54) is 24.6 Å². The minimum Gasteiger partial charge on any atom is -0.384 e. The van der Waals surface area contributed by atoms with E-state index in [2.05, 4.69) is 30.5 Å². The van der Waals surface area contributed by atoms with Crippen molar-refractivity contribution < 1.29 is 13.2 Å². The molecule has 1 fully saturated rings. The lowest BCUT2D eigenvalue weighted by molar-refractivity contribution is 0.0979. The van der Waals surface area contributed by atoms with Crippen LogP contribution in [0.25, 0.3) is 0 Å². The molecule has 1 saturated carbocycles. The molecule has 0 spiro atoms. The third-order valence-electron chi connectivity index (χ3n) is 5.18. The molecule has 3 rings (SSSR count). The quantitative estimate of drug-likeness (QED) is 0.788. The number of rotatable bonds is 4. The monoisotopic (exact) mass is 416 g/mol. The van der Waals surface area contributed by atoms with Gasteiger partial charge in [-0.15, -0.1) is 0 Å². The molecule has 2 heterocycles. The first kappa shape index (κ1) is 21.2. The van der Waals surface area contributed by atoms with Crippen LogP contribution in [0.1, 0.15) is 80.5 Å². The summed E-state index contributed by atoms with van der Waals surface area (Å²) in [5, 5.41) is -0.288. The number of sulfonamides is 1. The molecule has 2 aromatic rings. The van der Waals surface area contributed by atoms with Crippen molar-refractivity contribution in [1.82, 2.24) is 14.7 Å². The molecule has 3 N–H and O–H groups in total. The molecule has 7 nitrogen and oxygen atoms in total. The summed E-state index contributed by atoms with van der Waals surface area (Å²) in [5.74, 6) is -0.470. The van der Waals surface area contributed by atoms with E-state index in [0.29, 0.717) is 11.3 Å². The third kappa shape index (κ3) is 4.93. The van der Waals surface area contributed by atoms with E-state index in [9.17, 15) is 13.2 Å². The largest absolute Gasteiger partial charge is 0.384 e. The number of anilines is 1. The van der Waals surface area contributed by atoms with Gasteiger partial charge in [0.05, 0.1) is 11.3 Å². The molecule has 156 valence electrons. The molecule has 8 heteroatoms. The lowest BCUT2D eigenvalue weighted by Crippen LogP contribution is -2.33. The van der Waals surface area contributed by atoms with E-state index in [4.69, 9.17) is 10.7 Å². The van der Waals surface area contributed by atoms with Crippen LogP contribution in [0, 0.1) is 0 Å². The first-order chi connectivity index (χ1) is 13.6. The predicted molar refractivity (Wildman–Crippen MR) is 112 cm³/mol. The molecular formula is C21H28N4O3S. The molecule has 1 aliphatic carbocycles. The highest BCUT2D eigenvalue weighted by Crippen LogP contribution is 2.35. The summed E-state index contributed by atoms with van der Waals surface area (Å²) in [4.78, 5) is 21.6. The van der Waals surface area contributed by atoms with Crippen molar-refractivity contribution in [3.63, 3.8) is 0 Å². The second kappa shape index (κ2) is 8.10. The Labute approximate surface area is 172 Å². The second-order valence-electron chi connectivity index (χ2n) is 8.55. The average Bonchev–Trinajstić information content (AvgIpc) is 2.67. The Morgan fingerprint density at radius 3 is 2.38 bits per heavy atom. The van der Waals surface area contributed by atoms with Crippen molar-refractivity contribution in [3.8, 4) is 0 Å². The second-order valence-corrected chi connectivity index (χ2v) is 10.2. The number of nitrogens with two attached hydrogens (primary N) is 1. The van der Waals surface area contributed by atoms with Crippen LogP contribution in [0.5, 0.6) is 0 Å². The van der Waals surface area contributed by atoms with Gasteiger partial charge in [0.1, 0.15) is 5.82 Å². The van der Waals surface area contributed by atoms with Gasteiger partial charge >= 0.3 is 0 Å². The molecule has 1 aliphatic rings. The molecule has 0 bridgehead atoms. The average molecular weight is 417 g/mol. The van der Waals surface area contributed by atoms with Gasteiger partial charge in [-0.3, -0.25) is 9.78 Å². The van der Waals surface area contributed by atoms with Crippen molar-refractivity contribution in [3.05, 3.63) is 47.3 Å². The van der Waals surface area contributed by atoms with Crippen molar-refractivity contribution in [2.75, 3.05) is 5.73 Å². The van der Waals surface area contributed by atoms with E-state index < -0.39 is 15.9 Å². The van der Waals surface area contributed by atoms with Crippen LogP contribution >= 0.6 is 0 Å². The lowest BCUT2D eigenvalue weighted by atomic mass is 9.83. The van der Waals surface area contributed by atoms with Gasteiger partial charge < -0.3 is 5.73 Å². The van der Waals surface area contributed by atoms with Gasteiger partial charge in [-0.2, -0.15) is 8.42 Å². The minimum atomic E-state index is -4.13. The summed E-state index contributed by atoms with van der Waals surface area (Å²) >= 11 is 0. The Balaban J connectivity index is 1.97. The molecule has 0 radical (unpaired) electrons. The number of nitrogen functional groups attached to an aromatic ring is 1. The number of hydrogen-bond donors (Lipinski definition) is 2. The highest BCUT2D eigenvalue weighted by Gasteiger charge is 2.28. The van der Waals surface area contributed by atoms with Crippen molar-refractivity contribution in [2.45, 2.75) is 69.2 Å². The number of nitrogens with zero attached hydrogens (tertiary/aromatic N) is 2. The maximum absolute atomic E-state index is 13.0. The van der Waals surface area contributed by atoms with Crippen molar-refractivity contribution in [1.29, 1.82) is 0 Å². The molecule has 0 unspecified atom stereocenters. The summed E-state index contributed by atoms with van der Waals surface area (Å²) in [6.07, 6.45) is 5.23. The third-order valence-corrected chi connectivity index (χ3v) is 6.41. The Hall–Kier alpha value is -2.48. The molecule has 1 amide bonds. The van der Waals surface area contributed by atoms with Crippen molar-refractivity contribution >= 4 is 21.7 Å². The number of nitrogens with one attached hydrogen (secondary N) is 1. The number of amides is 1. The molecule has 0 atom stereocenters. The molecule has 29 heavy (non-hydrogen) atoms. The summed E-state index contributed by atoms with van der Waals surface area (Å²) in [7, 11) is -4.13. The van der Waals surface area contributed by atoms with Crippen LogP contribution < -0.4 is 10.5 Å². The Morgan fingerprint density at radius 2 is 1.76 bits per heavy atom. The van der Waals surface area contributed by atoms with Gasteiger partial charge in [-0.05, 0) is 37.1 Å². The first-order valence-electron chi connectivity index (χ1n) is 9.89. The van der Waals surface area contributed by atoms with Gasteiger partial charge in [0, 0.05) is 17.0 Å². The summed E-state index contributed by atoms with van der Waals surface area (Å²) in [6, 6.07) is 7.75. The van der Waals surface area contributed by atoms with E-state index in [1.807, 2.05) is 0 Å². The SMILES string of the molecule is CC(C)(C)c1ccc(C(=O)NS(=O)(=O)c2cccc(N)n2)c(C2CCCCC2)n1. The van der Waals surface area contributed by atoms with Crippen LogP contribution in [0.3, 0.4) is 0 Å². The molecule has 0 saturated heterocycles. The van der Waals surface area contributed by atoms with Gasteiger partial charge in [0.2, 0.25) is 0 Å². The number of hydrogen-bond acceptors (Lipinski definition) is 6. The van der Waals surface area contributed by atoms with Crippen LogP contribution in [0.4, 0.5) is 5.82 Å². The first-order valence-corrected chi connectivity index (χ1v) is 11.4. The Morgan fingerprint density at radius 1 is 1.07 bits per heavy atom. The van der Waals surface area contributed by atoms with Crippen LogP contribution in [-0.4, -0.2) is 24.3 Å². The molecule has 2 aromatic heterocycles. The minimum absolute atomic E-state index is 0.0689. The number of carbonyl (C=O) groups excluding carboxylic acids is 1. The lowest BCUT2D eigenvalue weighted by Gasteiger charge is -2.26. The van der Waals surface area contributed by atoms with Crippen LogP contribution in [-0.2, 0) is 15.4 Å². The maximum atomic E-state index is 13.0. The highest BCUT2D eigenvalue weighted by atomic mass is 32.2. The van der Waals surface area contributed by atoms with Gasteiger partial charge in [-0.25, -0.2) is 9.71 Å². The number of aromatic nitrogens is 2. The predicted octanol–water partition coefficient (Wildman–Crippen LogP) is 3.52. The fourth-order valence-electron chi connectivity index (χ4n) is 3.58. The molecule has 0 aromatic carbocycles. The van der Waals surface area contributed by atoms with E-state index in [1.54, 1.807) is 12.1 Å². The Kier molecular flexibility index (Phi) is 5.93. The standard InChI is InChI=1S/C21H28N4O3S/c1-21(2,3)16-13-12-15(19(23-16)14-8-5-4-6-9-14)20(26)25-29(27,28)18-11-7-10-17(22)24-18/h7,10-14H,4-6,8-9H2,1-3H3,(H2,22,24)(H,25,26). The highest BCUT2D eigenvalue weighted by molar-refractivity contribution is 7.90. The van der Waals surface area contributed by atoms with E-state index >= 15 is 0 Å². The van der Waals surface area contributed by atoms with Gasteiger partial charge in [-0.1, -0.05) is 46.1 Å². The van der Waals surface area contributed by atoms with Gasteiger partial charge in [0.15, 0.2) is 5.03 Å². The fraction of sp³-hybridized carbons (Fsp3) is 0.476. The smallest absolute Gasteiger partial charge is 0.281 e. The zero-order valence-electron chi connectivity index (χ0n) is 17.1. The number of carbonyl (C=O) groups is 1. The Bertz CT molecular complexity index is 1010. The number of pyridine rings is 2. The van der Waals surface area contributed by atoms with Gasteiger partial charge in [0.25, 0.3) is 15.9 Å². The zero-order chi connectivity index (χ0) is 21.2. The zero-order valence-corrected chi connectivity index (χ0v) is 17.9. The normalized spacial score (nSPS) is 15.8. The van der Waals surface area contributed by atoms with E-state index in [0.717, 1.165) is 31.4 Å².